The monoisotopic (exact) mass is 414 g/mol. The van der Waals surface area contributed by atoms with Crippen molar-refractivity contribution in [2.75, 3.05) is 33.8 Å². The third kappa shape index (κ3) is 5.49. The van der Waals surface area contributed by atoms with E-state index in [0.29, 0.717) is 24.6 Å². The van der Waals surface area contributed by atoms with E-state index in [0.717, 1.165) is 30.0 Å². The number of aliphatic hydroxyl groups excluding tert-OH is 1. The first-order valence-corrected chi connectivity index (χ1v) is 10.4. The molecule has 0 amide bonds. The first-order chi connectivity index (χ1) is 14.7. The van der Waals surface area contributed by atoms with Crippen LogP contribution in [0.3, 0.4) is 0 Å². The minimum absolute atomic E-state index is 0.175. The molecule has 1 saturated heterocycles. The predicted molar refractivity (Wildman–Crippen MR) is 117 cm³/mol. The quantitative estimate of drug-likeness (QED) is 0.458. The first-order valence-electron chi connectivity index (χ1n) is 10.4. The molecular formula is C23H31FN4O2. The lowest BCUT2D eigenvalue weighted by atomic mass is 10.0. The Bertz CT molecular complexity index is 853. The van der Waals surface area contributed by atoms with Crippen LogP contribution in [0.15, 0.2) is 47.5 Å². The van der Waals surface area contributed by atoms with Gasteiger partial charge in [-0.3, -0.25) is 9.89 Å². The summed E-state index contributed by atoms with van der Waals surface area (Å²) in [6.45, 7) is 2.98. The topological polar surface area (TPSA) is 69.1 Å². The maximum absolute atomic E-state index is 13.6. The standard InChI is InChI=1S/C23H31FN4O2/c1-25-23(26-14-17-9-10-20(24)18(13-17)16-29)27-15-21(28-11-5-6-12-28)19-7-3-4-8-22(19)30-2/h3-4,7-10,13,21,29H,5-6,11-12,14-16H2,1-2H3,(H2,25,26,27). The van der Waals surface area contributed by atoms with E-state index >= 15 is 0 Å². The number of benzene rings is 2. The average Bonchev–Trinajstić information content (AvgIpc) is 3.31. The van der Waals surface area contributed by atoms with Gasteiger partial charge in [0.05, 0.1) is 19.8 Å². The van der Waals surface area contributed by atoms with Crippen molar-refractivity contribution in [3.8, 4) is 5.75 Å². The summed E-state index contributed by atoms with van der Waals surface area (Å²) in [6.07, 6.45) is 2.41. The highest BCUT2D eigenvalue weighted by molar-refractivity contribution is 5.79. The summed E-state index contributed by atoms with van der Waals surface area (Å²) in [5.74, 6) is 1.17. The van der Waals surface area contributed by atoms with Crippen LogP contribution in [0, 0.1) is 5.82 Å². The number of hydrogen-bond acceptors (Lipinski definition) is 4. The Morgan fingerprint density at radius 2 is 1.97 bits per heavy atom. The molecule has 0 saturated carbocycles. The average molecular weight is 415 g/mol. The van der Waals surface area contributed by atoms with Crippen LogP contribution in [0.4, 0.5) is 4.39 Å². The van der Waals surface area contributed by atoms with Crippen LogP contribution in [-0.2, 0) is 13.2 Å². The van der Waals surface area contributed by atoms with Crippen molar-refractivity contribution in [1.82, 2.24) is 15.5 Å². The summed E-state index contributed by atoms with van der Waals surface area (Å²) in [5, 5.41) is 15.9. The molecule has 0 aliphatic carbocycles. The number of ether oxygens (including phenoxy) is 1. The Morgan fingerprint density at radius 1 is 1.20 bits per heavy atom. The van der Waals surface area contributed by atoms with E-state index in [-0.39, 0.29) is 12.6 Å². The summed E-state index contributed by atoms with van der Waals surface area (Å²) in [5.41, 5.74) is 2.34. The van der Waals surface area contributed by atoms with Crippen LogP contribution in [0.1, 0.15) is 35.6 Å². The van der Waals surface area contributed by atoms with Crippen molar-refractivity contribution in [2.24, 2.45) is 4.99 Å². The smallest absolute Gasteiger partial charge is 0.191 e. The van der Waals surface area contributed by atoms with E-state index in [1.165, 1.54) is 18.9 Å². The summed E-state index contributed by atoms with van der Waals surface area (Å²) < 4.78 is 19.2. The van der Waals surface area contributed by atoms with Crippen molar-refractivity contribution in [3.05, 3.63) is 65.0 Å². The number of guanidine groups is 1. The number of rotatable bonds is 8. The van der Waals surface area contributed by atoms with Crippen molar-refractivity contribution < 1.29 is 14.2 Å². The van der Waals surface area contributed by atoms with Crippen LogP contribution in [-0.4, -0.2) is 49.8 Å². The molecule has 2 aromatic rings. The highest BCUT2D eigenvalue weighted by atomic mass is 19.1. The third-order valence-electron chi connectivity index (χ3n) is 5.51. The maximum Gasteiger partial charge on any atom is 0.191 e. The van der Waals surface area contributed by atoms with E-state index in [9.17, 15) is 9.50 Å². The first kappa shape index (κ1) is 22.1. The van der Waals surface area contributed by atoms with E-state index < -0.39 is 5.82 Å². The molecule has 1 unspecified atom stereocenters. The predicted octanol–water partition coefficient (Wildman–Crippen LogP) is 2.83. The van der Waals surface area contributed by atoms with Gasteiger partial charge >= 0.3 is 0 Å². The lowest BCUT2D eigenvalue weighted by Crippen LogP contribution is -2.42. The largest absolute Gasteiger partial charge is 0.496 e. The molecule has 1 aliphatic heterocycles. The van der Waals surface area contributed by atoms with Crippen molar-refractivity contribution >= 4 is 5.96 Å². The second kappa shape index (κ2) is 10.9. The minimum Gasteiger partial charge on any atom is -0.496 e. The fourth-order valence-electron chi connectivity index (χ4n) is 3.89. The number of aliphatic hydroxyl groups is 1. The third-order valence-corrected chi connectivity index (χ3v) is 5.51. The molecule has 30 heavy (non-hydrogen) atoms. The van der Waals surface area contributed by atoms with E-state index in [4.69, 9.17) is 4.74 Å². The molecule has 2 aromatic carbocycles. The Kier molecular flexibility index (Phi) is 8.04. The number of para-hydroxylation sites is 1. The molecule has 1 fully saturated rings. The van der Waals surface area contributed by atoms with Gasteiger partial charge in [0, 0.05) is 31.3 Å². The van der Waals surface area contributed by atoms with Gasteiger partial charge in [0.2, 0.25) is 0 Å². The van der Waals surface area contributed by atoms with Gasteiger partial charge in [0.15, 0.2) is 5.96 Å². The van der Waals surface area contributed by atoms with Gasteiger partial charge in [-0.05, 0) is 49.7 Å². The number of methoxy groups -OCH3 is 1. The van der Waals surface area contributed by atoms with Gasteiger partial charge < -0.3 is 20.5 Å². The van der Waals surface area contributed by atoms with E-state index in [1.54, 1.807) is 26.3 Å². The van der Waals surface area contributed by atoms with Crippen LogP contribution in [0.5, 0.6) is 5.75 Å². The highest BCUT2D eigenvalue weighted by Crippen LogP contribution is 2.31. The van der Waals surface area contributed by atoms with Gasteiger partial charge in [0.25, 0.3) is 0 Å². The Labute approximate surface area is 177 Å². The summed E-state index contributed by atoms with van der Waals surface area (Å²) in [7, 11) is 3.43. The van der Waals surface area contributed by atoms with Gasteiger partial charge in [-0.2, -0.15) is 0 Å². The summed E-state index contributed by atoms with van der Waals surface area (Å²) >= 11 is 0. The molecule has 162 valence electrons. The molecule has 0 bridgehead atoms. The Morgan fingerprint density at radius 3 is 2.67 bits per heavy atom. The van der Waals surface area contributed by atoms with Gasteiger partial charge in [-0.25, -0.2) is 4.39 Å². The van der Waals surface area contributed by atoms with Crippen molar-refractivity contribution in [2.45, 2.75) is 32.0 Å². The summed E-state index contributed by atoms with van der Waals surface area (Å²) in [4.78, 5) is 6.80. The number of hydrogen-bond donors (Lipinski definition) is 3. The van der Waals surface area contributed by atoms with Crippen LogP contribution < -0.4 is 15.4 Å². The van der Waals surface area contributed by atoms with E-state index in [2.05, 4.69) is 26.6 Å². The Hall–Kier alpha value is -2.64. The number of nitrogens with one attached hydrogen (secondary N) is 2. The van der Waals surface area contributed by atoms with Crippen LogP contribution in [0.2, 0.25) is 0 Å². The summed E-state index contributed by atoms with van der Waals surface area (Å²) in [6, 6.07) is 13.1. The second-order valence-corrected chi connectivity index (χ2v) is 7.39. The molecule has 3 N–H and O–H groups in total. The molecule has 1 atom stereocenters. The minimum atomic E-state index is -0.394. The number of halogens is 1. The SMILES string of the molecule is CN=C(NCc1ccc(F)c(CO)c1)NCC(c1ccccc1OC)N1CCCC1. The van der Waals surface area contributed by atoms with Crippen LogP contribution >= 0.6 is 0 Å². The fourth-order valence-corrected chi connectivity index (χ4v) is 3.89. The molecular weight excluding hydrogens is 383 g/mol. The zero-order valence-electron chi connectivity index (χ0n) is 17.7. The zero-order valence-corrected chi connectivity index (χ0v) is 17.7. The molecule has 1 heterocycles. The molecule has 0 radical (unpaired) electrons. The van der Waals surface area contributed by atoms with Crippen LogP contribution in [0.25, 0.3) is 0 Å². The highest BCUT2D eigenvalue weighted by Gasteiger charge is 2.26. The number of nitrogens with zero attached hydrogens (tertiary/aromatic N) is 2. The lowest BCUT2D eigenvalue weighted by molar-refractivity contribution is 0.239. The van der Waals surface area contributed by atoms with Crippen molar-refractivity contribution in [3.63, 3.8) is 0 Å². The Balaban J connectivity index is 1.66. The van der Waals surface area contributed by atoms with Crippen molar-refractivity contribution in [1.29, 1.82) is 0 Å². The zero-order chi connectivity index (χ0) is 21.3. The number of aliphatic imine (C=N–C) groups is 1. The molecule has 0 aromatic heterocycles. The normalized spacial score (nSPS) is 15.8. The second-order valence-electron chi connectivity index (χ2n) is 7.39. The lowest BCUT2D eigenvalue weighted by Gasteiger charge is -2.30. The number of likely N-dealkylation sites (tertiary alicyclic amines) is 1. The fraction of sp³-hybridized carbons (Fsp3) is 0.435. The van der Waals surface area contributed by atoms with E-state index in [1.807, 2.05) is 18.2 Å². The molecule has 6 nitrogen and oxygen atoms in total. The molecule has 3 rings (SSSR count). The molecule has 1 aliphatic rings. The van der Waals surface area contributed by atoms with Gasteiger partial charge in [0.1, 0.15) is 11.6 Å². The van der Waals surface area contributed by atoms with Gasteiger partial charge in [-0.15, -0.1) is 0 Å². The molecule has 7 heteroatoms. The molecule has 0 spiro atoms. The maximum atomic E-state index is 13.6. The van der Waals surface area contributed by atoms with Gasteiger partial charge in [-0.1, -0.05) is 24.3 Å².